The second-order valence-electron chi connectivity index (χ2n) is 3.41. The van der Waals surface area contributed by atoms with Crippen LogP contribution in [0.15, 0.2) is 28.9 Å². The molecule has 16 heavy (non-hydrogen) atoms. The maximum absolute atomic E-state index is 11.6. The number of anilines is 1. The average molecular weight is 217 g/mol. The standard InChI is InChI=1S/C11H11N3O2/c1-7-6-8(2)13-11(12-7)14-10(15)9-4-3-5-16-9/h3-6H,1-2H3,(H,12,13,14,15). The van der Waals surface area contributed by atoms with Crippen LogP contribution in [0.25, 0.3) is 0 Å². The summed E-state index contributed by atoms with van der Waals surface area (Å²) < 4.78 is 4.96. The Morgan fingerprint density at radius 2 is 2.00 bits per heavy atom. The van der Waals surface area contributed by atoms with Crippen LogP contribution < -0.4 is 5.32 Å². The van der Waals surface area contributed by atoms with Crippen molar-refractivity contribution in [1.82, 2.24) is 9.97 Å². The summed E-state index contributed by atoms with van der Waals surface area (Å²) >= 11 is 0. The zero-order valence-electron chi connectivity index (χ0n) is 9.02. The summed E-state index contributed by atoms with van der Waals surface area (Å²) in [6, 6.07) is 5.07. The average Bonchev–Trinajstić information content (AvgIpc) is 2.68. The van der Waals surface area contributed by atoms with Gasteiger partial charge < -0.3 is 4.42 Å². The van der Waals surface area contributed by atoms with Crippen molar-refractivity contribution in [1.29, 1.82) is 0 Å². The van der Waals surface area contributed by atoms with Crippen LogP contribution in [0.5, 0.6) is 0 Å². The van der Waals surface area contributed by atoms with Gasteiger partial charge in [0.1, 0.15) is 0 Å². The number of furan rings is 1. The number of aromatic nitrogens is 2. The fourth-order valence-electron chi connectivity index (χ4n) is 1.35. The van der Waals surface area contributed by atoms with Crippen molar-refractivity contribution in [2.24, 2.45) is 0 Å². The molecule has 1 amide bonds. The Labute approximate surface area is 92.5 Å². The van der Waals surface area contributed by atoms with Gasteiger partial charge in [0.2, 0.25) is 5.95 Å². The lowest BCUT2D eigenvalue weighted by Crippen LogP contribution is -2.14. The molecular weight excluding hydrogens is 206 g/mol. The predicted molar refractivity (Wildman–Crippen MR) is 58.2 cm³/mol. The summed E-state index contributed by atoms with van der Waals surface area (Å²) in [6.45, 7) is 3.69. The number of aryl methyl sites for hydroxylation is 2. The summed E-state index contributed by atoms with van der Waals surface area (Å²) in [5, 5.41) is 2.57. The largest absolute Gasteiger partial charge is 0.459 e. The van der Waals surface area contributed by atoms with Crippen molar-refractivity contribution in [3.8, 4) is 0 Å². The molecule has 0 aromatic carbocycles. The lowest BCUT2D eigenvalue weighted by Gasteiger charge is -2.03. The Bertz CT molecular complexity index is 486. The first kappa shape index (κ1) is 10.4. The highest BCUT2D eigenvalue weighted by atomic mass is 16.3. The number of hydrogen-bond acceptors (Lipinski definition) is 4. The fourth-order valence-corrected chi connectivity index (χ4v) is 1.35. The fraction of sp³-hybridized carbons (Fsp3) is 0.182. The van der Waals surface area contributed by atoms with Gasteiger partial charge in [0.15, 0.2) is 5.76 Å². The lowest BCUT2D eigenvalue weighted by atomic mass is 10.3. The summed E-state index contributed by atoms with van der Waals surface area (Å²) in [5.74, 6) is 0.177. The van der Waals surface area contributed by atoms with Crippen molar-refractivity contribution in [2.75, 3.05) is 5.32 Å². The molecule has 2 aromatic heterocycles. The summed E-state index contributed by atoms with van der Waals surface area (Å²) in [5.41, 5.74) is 1.62. The van der Waals surface area contributed by atoms with Crippen LogP contribution in [-0.2, 0) is 0 Å². The maximum Gasteiger partial charge on any atom is 0.293 e. The number of nitrogens with one attached hydrogen (secondary N) is 1. The van der Waals surface area contributed by atoms with Gasteiger partial charge in [-0.25, -0.2) is 9.97 Å². The SMILES string of the molecule is Cc1cc(C)nc(NC(=O)c2ccco2)n1. The zero-order valence-corrected chi connectivity index (χ0v) is 9.02. The maximum atomic E-state index is 11.6. The van der Waals surface area contributed by atoms with Crippen molar-refractivity contribution in [2.45, 2.75) is 13.8 Å². The smallest absolute Gasteiger partial charge is 0.293 e. The van der Waals surface area contributed by atoms with Gasteiger partial charge >= 0.3 is 0 Å². The van der Waals surface area contributed by atoms with Gasteiger partial charge in [-0.3, -0.25) is 10.1 Å². The van der Waals surface area contributed by atoms with Gasteiger partial charge in [-0.05, 0) is 32.0 Å². The van der Waals surface area contributed by atoms with Gasteiger partial charge in [-0.1, -0.05) is 0 Å². The van der Waals surface area contributed by atoms with Crippen molar-refractivity contribution < 1.29 is 9.21 Å². The van der Waals surface area contributed by atoms with Crippen LogP contribution in [-0.4, -0.2) is 15.9 Å². The predicted octanol–water partition coefficient (Wildman–Crippen LogP) is 1.94. The third-order valence-corrected chi connectivity index (χ3v) is 1.95. The number of carbonyl (C=O) groups is 1. The molecule has 0 spiro atoms. The minimum Gasteiger partial charge on any atom is -0.459 e. The third kappa shape index (κ3) is 2.25. The van der Waals surface area contributed by atoms with Gasteiger partial charge in [0.05, 0.1) is 6.26 Å². The molecule has 2 aromatic rings. The molecule has 0 aliphatic carbocycles. The van der Waals surface area contributed by atoms with Gasteiger partial charge in [-0.15, -0.1) is 0 Å². The molecule has 0 saturated carbocycles. The minimum atomic E-state index is -0.352. The van der Waals surface area contributed by atoms with Crippen LogP contribution in [0.3, 0.4) is 0 Å². The van der Waals surface area contributed by atoms with E-state index >= 15 is 0 Å². The van der Waals surface area contributed by atoms with Crippen LogP contribution in [0.1, 0.15) is 21.9 Å². The second kappa shape index (κ2) is 4.14. The zero-order chi connectivity index (χ0) is 11.5. The molecule has 0 radical (unpaired) electrons. The Kier molecular flexibility index (Phi) is 2.68. The second-order valence-corrected chi connectivity index (χ2v) is 3.41. The Morgan fingerprint density at radius 3 is 2.56 bits per heavy atom. The van der Waals surface area contributed by atoms with Crippen LogP contribution in [0.2, 0.25) is 0 Å². The van der Waals surface area contributed by atoms with E-state index in [0.29, 0.717) is 5.95 Å². The Hall–Kier alpha value is -2.17. The van der Waals surface area contributed by atoms with Crippen molar-refractivity contribution >= 4 is 11.9 Å². The van der Waals surface area contributed by atoms with Gasteiger partial charge in [0, 0.05) is 11.4 Å². The van der Waals surface area contributed by atoms with Crippen LogP contribution in [0.4, 0.5) is 5.95 Å². The molecule has 0 unspecified atom stereocenters. The van der Waals surface area contributed by atoms with Crippen LogP contribution in [0, 0.1) is 13.8 Å². The molecule has 2 rings (SSSR count). The molecule has 5 nitrogen and oxygen atoms in total. The quantitative estimate of drug-likeness (QED) is 0.834. The molecule has 0 aliphatic heterocycles. The van der Waals surface area contributed by atoms with Gasteiger partial charge in [0.25, 0.3) is 5.91 Å². The van der Waals surface area contributed by atoms with E-state index in [1.807, 2.05) is 19.9 Å². The normalized spacial score (nSPS) is 10.1. The topological polar surface area (TPSA) is 68.0 Å². The van der Waals surface area contributed by atoms with E-state index in [1.54, 1.807) is 12.1 Å². The molecule has 0 fully saturated rings. The first-order valence-corrected chi connectivity index (χ1v) is 4.82. The first-order chi connectivity index (χ1) is 7.65. The van der Waals surface area contributed by atoms with E-state index in [0.717, 1.165) is 11.4 Å². The number of carbonyl (C=O) groups excluding carboxylic acids is 1. The van der Waals surface area contributed by atoms with Crippen LogP contribution >= 0.6 is 0 Å². The molecule has 5 heteroatoms. The van der Waals surface area contributed by atoms with E-state index in [1.165, 1.54) is 6.26 Å². The van der Waals surface area contributed by atoms with E-state index in [9.17, 15) is 4.79 Å². The number of rotatable bonds is 2. The Morgan fingerprint density at radius 1 is 1.31 bits per heavy atom. The minimum absolute atomic E-state index is 0.239. The molecule has 0 bridgehead atoms. The van der Waals surface area contributed by atoms with Gasteiger partial charge in [-0.2, -0.15) is 0 Å². The lowest BCUT2D eigenvalue weighted by molar-refractivity contribution is 0.0996. The van der Waals surface area contributed by atoms with E-state index in [2.05, 4.69) is 15.3 Å². The molecule has 1 N–H and O–H groups in total. The molecule has 0 saturated heterocycles. The van der Waals surface area contributed by atoms with E-state index < -0.39 is 0 Å². The summed E-state index contributed by atoms with van der Waals surface area (Å²) in [4.78, 5) is 19.8. The molecule has 82 valence electrons. The van der Waals surface area contributed by atoms with Crippen molar-refractivity contribution in [3.05, 3.63) is 41.6 Å². The highest BCUT2D eigenvalue weighted by Crippen LogP contribution is 2.07. The summed E-state index contributed by atoms with van der Waals surface area (Å²) in [7, 11) is 0. The highest BCUT2D eigenvalue weighted by Gasteiger charge is 2.10. The summed E-state index contributed by atoms with van der Waals surface area (Å²) in [6.07, 6.45) is 1.44. The number of hydrogen-bond donors (Lipinski definition) is 1. The van der Waals surface area contributed by atoms with E-state index in [4.69, 9.17) is 4.42 Å². The number of nitrogens with zero attached hydrogens (tertiary/aromatic N) is 2. The molecule has 0 aliphatic rings. The van der Waals surface area contributed by atoms with E-state index in [-0.39, 0.29) is 11.7 Å². The molecular formula is C11H11N3O2. The monoisotopic (exact) mass is 217 g/mol. The van der Waals surface area contributed by atoms with Crippen molar-refractivity contribution in [3.63, 3.8) is 0 Å². The highest BCUT2D eigenvalue weighted by molar-refractivity contribution is 6.01. The Balaban J connectivity index is 2.18. The first-order valence-electron chi connectivity index (χ1n) is 4.82. The third-order valence-electron chi connectivity index (χ3n) is 1.95. The number of amides is 1. The molecule has 0 atom stereocenters. The molecule has 2 heterocycles.